The van der Waals surface area contributed by atoms with E-state index in [1.165, 1.54) is 5.56 Å². The van der Waals surface area contributed by atoms with E-state index in [1.807, 2.05) is 18.2 Å². The minimum Gasteiger partial charge on any atom is -0.301 e. The molecule has 1 aliphatic rings. The van der Waals surface area contributed by atoms with E-state index in [1.54, 1.807) is 0 Å². The van der Waals surface area contributed by atoms with Crippen LogP contribution in [0.5, 0.6) is 0 Å². The predicted molar refractivity (Wildman–Crippen MR) is 76.6 cm³/mol. The SMILES string of the molecule is CC(C)(C)c1ccc(C=C2SC(=N)NC2=O)cc1. The summed E-state index contributed by atoms with van der Waals surface area (Å²) in [5, 5.41) is 10.0. The normalized spacial score (nSPS) is 18.3. The fourth-order valence-electron chi connectivity index (χ4n) is 1.67. The van der Waals surface area contributed by atoms with Crippen LogP contribution in [0.4, 0.5) is 0 Å². The van der Waals surface area contributed by atoms with Gasteiger partial charge < -0.3 is 5.32 Å². The molecule has 4 heteroatoms. The monoisotopic (exact) mass is 260 g/mol. The summed E-state index contributed by atoms with van der Waals surface area (Å²) >= 11 is 1.16. The molecule has 1 fully saturated rings. The van der Waals surface area contributed by atoms with Gasteiger partial charge in [0.25, 0.3) is 5.91 Å². The lowest BCUT2D eigenvalue weighted by Crippen LogP contribution is -2.18. The number of carbonyl (C=O) groups is 1. The summed E-state index contributed by atoms with van der Waals surface area (Å²) < 4.78 is 0. The first-order chi connectivity index (χ1) is 8.36. The molecule has 0 atom stereocenters. The van der Waals surface area contributed by atoms with Crippen LogP contribution in [-0.2, 0) is 10.2 Å². The Morgan fingerprint density at radius 2 is 1.83 bits per heavy atom. The van der Waals surface area contributed by atoms with Crippen molar-refractivity contribution < 1.29 is 4.79 Å². The number of thioether (sulfide) groups is 1. The molecule has 0 saturated carbocycles. The molecule has 94 valence electrons. The molecule has 1 aliphatic heterocycles. The fraction of sp³-hybridized carbons (Fsp3) is 0.286. The van der Waals surface area contributed by atoms with Crippen molar-refractivity contribution in [3.8, 4) is 0 Å². The van der Waals surface area contributed by atoms with Gasteiger partial charge in [-0.2, -0.15) is 0 Å². The summed E-state index contributed by atoms with van der Waals surface area (Å²) in [5.74, 6) is -0.190. The highest BCUT2D eigenvalue weighted by atomic mass is 32.2. The molecule has 1 saturated heterocycles. The smallest absolute Gasteiger partial charge is 0.264 e. The van der Waals surface area contributed by atoms with Gasteiger partial charge in [-0.3, -0.25) is 10.2 Å². The van der Waals surface area contributed by atoms with Crippen molar-refractivity contribution in [3.05, 3.63) is 40.3 Å². The molecule has 1 heterocycles. The average Bonchev–Trinajstić information content (AvgIpc) is 2.57. The molecule has 1 aromatic carbocycles. The van der Waals surface area contributed by atoms with Crippen molar-refractivity contribution in [2.75, 3.05) is 0 Å². The molecule has 2 rings (SSSR count). The highest BCUT2D eigenvalue weighted by Gasteiger charge is 2.22. The number of nitrogens with one attached hydrogen (secondary N) is 2. The van der Waals surface area contributed by atoms with E-state index in [9.17, 15) is 4.79 Å². The number of amides is 1. The molecule has 0 radical (unpaired) electrons. The molecule has 18 heavy (non-hydrogen) atoms. The van der Waals surface area contributed by atoms with Crippen molar-refractivity contribution in [2.45, 2.75) is 26.2 Å². The van der Waals surface area contributed by atoms with E-state index in [2.05, 4.69) is 38.2 Å². The third kappa shape index (κ3) is 2.82. The lowest BCUT2D eigenvalue weighted by molar-refractivity contribution is -0.115. The van der Waals surface area contributed by atoms with Gasteiger partial charge in [-0.05, 0) is 34.4 Å². The molecule has 0 spiro atoms. The van der Waals surface area contributed by atoms with Gasteiger partial charge >= 0.3 is 0 Å². The zero-order valence-electron chi connectivity index (χ0n) is 10.7. The third-order valence-electron chi connectivity index (χ3n) is 2.74. The Labute approximate surface area is 111 Å². The number of hydrogen-bond acceptors (Lipinski definition) is 3. The van der Waals surface area contributed by atoms with Crippen LogP contribution in [-0.4, -0.2) is 11.1 Å². The Morgan fingerprint density at radius 1 is 1.22 bits per heavy atom. The van der Waals surface area contributed by atoms with E-state index in [0.29, 0.717) is 4.91 Å². The van der Waals surface area contributed by atoms with Gasteiger partial charge in [0.2, 0.25) is 0 Å². The second-order valence-electron chi connectivity index (χ2n) is 5.27. The zero-order chi connectivity index (χ0) is 13.3. The summed E-state index contributed by atoms with van der Waals surface area (Å²) in [5.41, 5.74) is 2.38. The topological polar surface area (TPSA) is 53.0 Å². The van der Waals surface area contributed by atoms with Crippen LogP contribution < -0.4 is 5.32 Å². The van der Waals surface area contributed by atoms with Crippen molar-refractivity contribution in [3.63, 3.8) is 0 Å². The molecular formula is C14H16N2OS. The maximum absolute atomic E-state index is 11.5. The summed E-state index contributed by atoms with van der Waals surface area (Å²) in [4.78, 5) is 12.0. The second kappa shape index (κ2) is 4.61. The minimum absolute atomic E-state index is 0.132. The predicted octanol–water partition coefficient (Wildman–Crippen LogP) is 3.12. The molecule has 0 aromatic heterocycles. The first-order valence-electron chi connectivity index (χ1n) is 5.76. The van der Waals surface area contributed by atoms with E-state index >= 15 is 0 Å². The van der Waals surface area contributed by atoms with Crippen molar-refractivity contribution in [2.24, 2.45) is 0 Å². The maximum Gasteiger partial charge on any atom is 0.264 e. The Hall–Kier alpha value is -1.55. The molecule has 0 unspecified atom stereocenters. The summed E-state index contributed by atoms with van der Waals surface area (Å²) in [6.07, 6.45) is 1.81. The lowest BCUT2D eigenvalue weighted by Gasteiger charge is -2.18. The Balaban J connectivity index is 2.24. The average molecular weight is 260 g/mol. The molecule has 1 aromatic rings. The lowest BCUT2D eigenvalue weighted by atomic mass is 9.87. The highest BCUT2D eigenvalue weighted by Crippen LogP contribution is 2.26. The first kappa shape index (κ1) is 12.9. The van der Waals surface area contributed by atoms with Crippen LogP contribution in [0.2, 0.25) is 0 Å². The van der Waals surface area contributed by atoms with E-state index in [-0.39, 0.29) is 16.5 Å². The van der Waals surface area contributed by atoms with Crippen molar-refractivity contribution >= 4 is 28.9 Å². The van der Waals surface area contributed by atoms with Crippen LogP contribution in [0.3, 0.4) is 0 Å². The van der Waals surface area contributed by atoms with Crippen molar-refractivity contribution in [1.29, 1.82) is 5.41 Å². The van der Waals surface area contributed by atoms with Crippen molar-refractivity contribution in [1.82, 2.24) is 5.32 Å². The number of hydrogen-bond donors (Lipinski definition) is 2. The minimum atomic E-state index is -0.190. The number of carbonyl (C=O) groups excluding carboxylic acids is 1. The highest BCUT2D eigenvalue weighted by molar-refractivity contribution is 8.18. The molecule has 2 N–H and O–H groups in total. The zero-order valence-corrected chi connectivity index (χ0v) is 11.5. The van der Waals surface area contributed by atoms with Gasteiger partial charge in [-0.15, -0.1) is 0 Å². The van der Waals surface area contributed by atoms with Crippen LogP contribution in [0, 0.1) is 5.41 Å². The van der Waals surface area contributed by atoms with E-state index in [0.717, 1.165) is 17.3 Å². The maximum atomic E-state index is 11.5. The van der Waals surface area contributed by atoms with Gasteiger partial charge in [-0.1, -0.05) is 45.0 Å². The summed E-state index contributed by atoms with van der Waals surface area (Å²) in [7, 11) is 0. The first-order valence-corrected chi connectivity index (χ1v) is 6.58. The second-order valence-corrected chi connectivity index (χ2v) is 6.32. The molecule has 1 amide bonds. The van der Waals surface area contributed by atoms with Gasteiger partial charge in [0.15, 0.2) is 5.17 Å². The van der Waals surface area contributed by atoms with Gasteiger partial charge in [-0.25, -0.2) is 0 Å². The number of rotatable bonds is 1. The largest absolute Gasteiger partial charge is 0.301 e. The summed E-state index contributed by atoms with van der Waals surface area (Å²) in [6, 6.07) is 8.16. The number of benzene rings is 1. The fourth-order valence-corrected chi connectivity index (χ4v) is 2.37. The molecular weight excluding hydrogens is 244 g/mol. The number of amidine groups is 1. The molecule has 3 nitrogen and oxygen atoms in total. The Kier molecular flexibility index (Phi) is 3.30. The van der Waals surface area contributed by atoms with E-state index < -0.39 is 0 Å². The Morgan fingerprint density at radius 3 is 2.28 bits per heavy atom. The van der Waals surface area contributed by atoms with E-state index in [4.69, 9.17) is 5.41 Å². The Bertz CT molecular complexity index is 524. The molecule has 0 aliphatic carbocycles. The van der Waals surface area contributed by atoms with Crippen LogP contribution in [0.15, 0.2) is 29.2 Å². The standard InChI is InChI=1S/C14H16N2OS/c1-14(2,3)10-6-4-9(5-7-10)8-11-12(17)16-13(15)18-11/h4-8H,1-3H3,(H2,15,16,17). The quantitative estimate of drug-likeness (QED) is 0.762. The summed E-state index contributed by atoms with van der Waals surface area (Å²) in [6.45, 7) is 6.51. The van der Waals surface area contributed by atoms with Crippen LogP contribution in [0.25, 0.3) is 6.08 Å². The van der Waals surface area contributed by atoms with Gasteiger partial charge in [0.1, 0.15) is 0 Å². The van der Waals surface area contributed by atoms with Crippen LogP contribution in [0.1, 0.15) is 31.9 Å². The van der Waals surface area contributed by atoms with Gasteiger partial charge in [0, 0.05) is 0 Å². The van der Waals surface area contributed by atoms with Crippen LogP contribution >= 0.6 is 11.8 Å². The third-order valence-corrected chi connectivity index (χ3v) is 3.57. The van der Waals surface area contributed by atoms with Gasteiger partial charge in [0.05, 0.1) is 4.91 Å². The molecule has 0 bridgehead atoms.